The van der Waals surface area contributed by atoms with Gasteiger partial charge in [-0.2, -0.15) is 0 Å². The van der Waals surface area contributed by atoms with Gasteiger partial charge >= 0.3 is 0 Å². The fourth-order valence-electron chi connectivity index (χ4n) is 3.20. The van der Waals surface area contributed by atoms with E-state index in [-0.39, 0.29) is 30.1 Å². The number of aliphatic hydroxyl groups excluding tert-OH is 1. The van der Waals surface area contributed by atoms with Crippen LogP contribution in [0, 0.1) is 12.8 Å². The maximum absolute atomic E-state index is 11.8. The number of methoxy groups -OCH3 is 1. The maximum atomic E-state index is 11.8. The lowest BCUT2D eigenvalue weighted by molar-refractivity contribution is -0.113. The SMILES string of the molecule is CCOC.Cc1ccc(C(C)OCCCO)c2c1OC(C)(C)C(C)C2C=O. The zero-order valence-electron chi connectivity index (χ0n) is 17.9. The summed E-state index contributed by atoms with van der Waals surface area (Å²) in [7, 11) is 1.68. The number of aliphatic hydroxyl groups is 1. The molecule has 1 aromatic rings. The van der Waals surface area contributed by atoms with Gasteiger partial charge in [-0.25, -0.2) is 0 Å². The zero-order chi connectivity index (χ0) is 20.6. The highest BCUT2D eigenvalue weighted by molar-refractivity contribution is 5.69. The van der Waals surface area contributed by atoms with E-state index in [1.165, 1.54) is 0 Å². The fraction of sp³-hybridized carbons (Fsp3) is 0.682. The Morgan fingerprint density at radius 2 is 2.00 bits per heavy atom. The molecule has 0 aliphatic carbocycles. The summed E-state index contributed by atoms with van der Waals surface area (Å²) in [5.74, 6) is 0.700. The number of carbonyl (C=O) groups is 1. The Morgan fingerprint density at radius 3 is 2.52 bits per heavy atom. The van der Waals surface area contributed by atoms with E-state index in [1.807, 2.05) is 46.8 Å². The third-order valence-electron chi connectivity index (χ3n) is 5.30. The van der Waals surface area contributed by atoms with Crippen molar-refractivity contribution in [2.45, 2.75) is 65.6 Å². The molecule has 5 nitrogen and oxygen atoms in total. The first-order valence-corrected chi connectivity index (χ1v) is 9.74. The molecule has 1 heterocycles. The first kappa shape index (κ1) is 23.6. The molecule has 154 valence electrons. The molecule has 0 spiro atoms. The van der Waals surface area contributed by atoms with Gasteiger partial charge < -0.3 is 24.1 Å². The summed E-state index contributed by atoms with van der Waals surface area (Å²) in [4.78, 5) is 11.8. The highest BCUT2D eigenvalue weighted by Crippen LogP contribution is 2.48. The van der Waals surface area contributed by atoms with Crippen LogP contribution in [0.2, 0.25) is 0 Å². The van der Waals surface area contributed by atoms with E-state index in [2.05, 4.69) is 11.7 Å². The topological polar surface area (TPSA) is 65.0 Å². The summed E-state index contributed by atoms with van der Waals surface area (Å²) in [6, 6.07) is 4.05. The lowest BCUT2D eigenvalue weighted by atomic mass is 9.73. The zero-order valence-corrected chi connectivity index (χ0v) is 17.9. The van der Waals surface area contributed by atoms with E-state index >= 15 is 0 Å². The van der Waals surface area contributed by atoms with E-state index < -0.39 is 0 Å². The molecule has 0 saturated carbocycles. The lowest BCUT2D eigenvalue weighted by Gasteiger charge is -2.43. The Hall–Kier alpha value is -1.43. The largest absolute Gasteiger partial charge is 0.487 e. The molecular weight excluding hydrogens is 344 g/mol. The van der Waals surface area contributed by atoms with Crippen LogP contribution in [0.15, 0.2) is 12.1 Å². The summed E-state index contributed by atoms with van der Waals surface area (Å²) < 4.78 is 16.6. The number of aryl methyl sites for hydroxylation is 1. The molecule has 0 radical (unpaired) electrons. The van der Waals surface area contributed by atoms with Gasteiger partial charge in [0.2, 0.25) is 0 Å². The molecule has 0 amide bonds. The minimum atomic E-state index is -0.386. The second-order valence-electron chi connectivity index (χ2n) is 7.54. The van der Waals surface area contributed by atoms with E-state index in [1.54, 1.807) is 7.11 Å². The minimum Gasteiger partial charge on any atom is -0.487 e. The molecule has 0 bridgehead atoms. The number of fused-ring (bicyclic) bond motifs is 1. The van der Waals surface area contributed by atoms with Crippen LogP contribution in [0.4, 0.5) is 0 Å². The van der Waals surface area contributed by atoms with Crippen LogP contribution in [-0.4, -0.2) is 43.9 Å². The molecule has 2 rings (SSSR count). The number of benzene rings is 1. The third-order valence-corrected chi connectivity index (χ3v) is 5.30. The highest BCUT2D eigenvalue weighted by Gasteiger charge is 2.43. The summed E-state index contributed by atoms with van der Waals surface area (Å²) in [5.41, 5.74) is 2.62. The normalized spacial score (nSPS) is 21.3. The van der Waals surface area contributed by atoms with Gasteiger partial charge in [-0.05, 0) is 52.2 Å². The van der Waals surface area contributed by atoms with Crippen molar-refractivity contribution in [1.82, 2.24) is 0 Å². The first-order valence-electron chi connectivity index (χ1n) is 9.74. The number of ether oxygens (including phenoxy) is 3. The molecule has 0 saturated heterocycles. The minimum absolute atomic E-state index is 0.0812. The van der Waals surface area contributed by atoms with Crippen molar-refractivity contribution in [3.05, 3.63) is 28.8 Å². The monoisotopic (exact) mass is 380 g/mol. The van der Waals surface area contributed by atoms with Gasteiger partial charge in [-0.15, -0.1) is 0 Å². The van der Waals surface area contributed by atoms with Crippen LogP contribution < -0.4 is 4.74 Å². The van der Waals surface area contributed by atoms with Gasteiger partial charge in [0.25, 0.3) is 0 Å². The average molecular weight is 381 g/mol. The van der Waals surface area contributed by atoms with Gasteiger partial charge in [0.1, 0.15) is 17.6 Å². The molecular formula is C22H36O5. The van der Waals surface area contributed by atoms with Crippen molar-refractivity contribution in [3.8, 4) is 5.75 Å². The van der Waals surface area contributed by atoms with Crippen LogP contribution in [0.1, 0.15) is 69.8 Å². The van der Waals surface area contributed by atoms with E-state index in [9.17, 15) is 4.79 Å². The van der Waals surface area contributed by atoms with Crippen molar-refractivity contribution in [2.24, 2.45) is 5.92 Å². The fourth-order valence-corrected chi connectivity index (χ4v) is 3.20. The van der Waals surface area contributed by atoms with Crippen molar-refractivity contribution in [1.29, 1.82) is 0 Å². The third kappa shape index (κ3) is 5.77. The maximum Gasteiger partial charge on any atom is 0.128 e. The predicted molar refractivity (Wildman–Crippen MR) is 107 cm³/mol. The van der Waals surface area contributed by atoms with Crippen molar-refractivity contribution in [3.63, 3.8) is 0 Å². The van der Waals surface area contributed by atoms with Crippen molar-refractivity contribution in [2.75, 3.05) is 26.9 Å². The Labute approximate surface area is 164 Å². The number of rotatable bonds is 7. The van der Waals surface area contributed by atoms with Gasteiger partial charge in [0.05, 0.1) is 6.10 Å². The molecule has 5 heteroatoms. The van der Waals surface area contributed by atoms with Crippen LogP contribution in [0.25, 0.3) is 0 Å². The van der Waals surface area contributed by atoms with E-state index in [4.69, 9.17) is 14.6 Å². The first-order chi connectivity index (χ1) is 12.7. The number of aldehydes is 1. The molecule has 27 heavy (non-hydrogen) atoms. The highest BCUT2D eigenvalue weighted by atomic mass is 16.5. The molecule has 1 N–H and O–H groups in total. The van der Waals surface area contributed by atoms with Crippen LogP contribution in [0.3, 0.4) is 0 Å². The summed E-state index contributed by atoms with van der Waals surface area (Å²) in [6.45, 7) is 13.5. The number of hydrogen-bond donors (Lipinski definition) is 1. The van der Waals surface area contributed by atoms with E-state index in [0.29, 0.717) is 13.0 Å². The summed E-state index contributed by atoms with van der Waals surface area (Å²) in [6.07, 6.45) is 1.50. The quantitative estimate of drug-likeness (QED) is 0.567. The van der Waals surface area contributed by atoms with Gasteiger partial charge in [0, 0.05) is 44.3 Å². The molecule has 0 fully saturated rings. The van der Waals surface area contributed by atoms with Crippen LogP contribution in [-0.2, 0) is 14.3 Å². The van der Waals surface area contributed by atoms with Gasteiger partial charge in [-0.1, -0.05) is 19.1 Å². The Kier molecular flexibility index (Phi) is 9.43. The van der Waals surface area contributed by atoms with Crippen molar-refractivity contribution < 1.29 is 24.1 Å². The molecule has 0 aromatic heterocycles. The van der Waals surface area contributed by atoms with E-state index in [0.717, 1.165) is 35.3 Å². The summed E-state index contributed by atoms with van der Waals surface area (Å²) >= 11 is 0. The van der Waals surface area contributed by atoms with Gasteiger partial charge in [-0.3, -0.25) is 0 Å². The van der Waals surface area contributed by atoms with Gasteiger partial charge in [0.15, 0.2) is 0 Å². The molecule has 1 aliphatic rings. The molecule has 3 atom stereocenters. The predicted octanol–water partition coefficient (Wildman–Crippen LogP) is 4.20. The van der Waals surface area contributed by atoms with Crippen molar-refractivity contribution >= 4 is 6.29 Å². The summed E-state index contributed by atoms with van der Waals surface area (Å²) in [5, 5.41) is 8.90. The Morgan fingerprint density at radius 1 is 1.37 bits per heavy atom. The second-order valence-corrected chi connectivity index (χ2v) is 7.54. The Balaban J connectivity index is 0.000000828. The van der Waals surface area contributed by atoms with Crippen LogP contribution >= 0.6 is 0 Å². The molecule has 3 unspecified atom stereocenters. The Bertz CT molecular complexity index is 595. The molecule has 1 aromatic carbocycles. The molecule has 1 aliphatic heterocycles. The number of carbonyl (C=O) groups excluding carboxylic acids is 1. The van der Waals surface area contributed by atoms with Crippen LogP contribution in [0.5, 0.6) is 5.75 Å². The number of hydrogen-bond acceptors (Lipinski definition) is 5. The second kappa shape index (κ2) is 10.8. The standard InChI is InChI=1S/C19H28O4.C3H8O/c1-12-7-8-15(14(3)22-10-6-9-20)17-16(11-21)13(2)19(4,5)23-18(12)17;1-3-4-2/h7-8,11,13-14,16,20H,6,9-10H2,1-5H3;3H2,1-2H3. The smallest absolute Gasteiger partial charge is 0.128 e. The average Bonchev–Trinajstić information content (AvgIpc) is 2.64. The lowest BCUT2D eigenvalue weighted by Crippen LogP contribution is -2.44.